The van der Waals surface area contributed by atoms with E-state index in [9.17, 15) is 5.11 Å². The van der Waals surface area contributed by atoms with Crippen molar-refractivity contribution < 1.29 is 9.84 Å². The quantitative estimate of drug-likeness (QED) is 0.259. The number of aliphatic hydroxyl groups is 1. The Hall–Kier alpha value is -1.80. The molecule has 0 aliphatic heterocycles. The number of allylic oxidation sites excluding steroid dienone is 4. The summed E-state index contributed by atoms with van der Waals surface area (Å²) in [5.74, 6) is 0.782. The summed E-state index contributed by atoms with van der Waals surface area (Å²) < 4.78 is 5.84. The second-order valence-electron chi connectivity index (χ2n) is 7.02. The number of hydrogen-bond acceptors (Lipinski definition) is 2. The summed E-state index contributed by atoms with van der Waals surface area (Å²) in [4.78, 5) is 0. The van der Waals surface area contributed by atoms with Crippen LogP contribution in [0.15, 0.2) is 60.7 Å². The number of rotatable bonds is 15. The predicted molar refractivity (Wildman–Crippen MR) is 117 cm³/mol. The molecule has 1 atom stereocenters. The SMILES string of the molecule is C=CC=CC=C(CCCCCCCCC)C(O)c1ccccc1OCCC. The Kier molecular flexibility index (Phi) is 13.1. The van der Waals surface area contributed by atoms with Crippen molar-refractivity contribution in [2.24, 2.45) is 0 Å². The van der Waals surface area contributed by atoms with Gasteiger partial charge in [-0.15, -0.1) is 0 Å². The van der Waals surface area contributed by atoms with Gasteiger partial charge in [0.1, 0.15) is 11.9 Å². The van der Waals surface area contributed by atoms with Crippen LogP contribution in [0, 0.1) is 0 Å². The average molecular weight is 371 g/mol. The van der Waals surface area contributed by atoms with Crippen LogP contribution in [0.4, 0.5) is 0 Å². The van der Waals surface area contributed by atoms with Gasteiger partial charge in [0.05, 0.1) is 6.61 Å². The molecule has 0 amide bonds. The Bertz CT molecular complexity index is 571. The largest absolute Gasteiger partial charge is 0.493 e. The first-order valence-electron chi connectivity index (χ1n) is 10.6. The van der Waals surface area contributed by atoms with Gasteiger partial charge in [0, 0.05) is 5.56 Å². The molecule has 0 aromatic heterocycles. The van der Waals surface area contributed by atoms with E-state index in [4.69, 9.17) is 4.74 Å². The first kappa shape index (κ1) is 23.2. The van der Waals surface area contributed by atoms with Crippen molar-refractivity contribution >= 4 is 0 Å². The van der Waals surface area contributed by atoms with E-state index in [1.807, 2.05) is 42.5 Å². The minimum Gasteiger partial charge on any atom is -0.493 e. The highest BCUT2D eigenvalue weighted by Crippen LogP contribution is 2.32. The molecule has 27 heavy (non-hydrogen) atoms. The van der Waals surface area contributed by atoms with E-state index in [0.29, 0.717) is 6.61 Å². The van der Waals surface area contributed by atoms with Gasteiger partial charge >= 0.3 is 0 Å². The van der Waals surface area contributed by atoms with E-state index in [-0.39, 0.29) is 0 Å². The van der Waals surface area contributed by atoms with E-state index in [0.717, 1.165) is 36.1 Å². The number of hydrogen-bond donors (Lipinski definition) is 1. The zero-order valence-electron chi connectivity index (χ0n) is 17.3. The first-order valence-corrected chi connectivity index (χ1v) is 10.6. The van der Waals surface area contributed by atoms with Crippen LogP contribution in [0.3, 0.4) is 0 Å². The molecule has 0 spiro atoms. The summed E-state index contributed by atoms with van der Waals surface area (Å²) in [6.45, 7) is 8.72. The minimum absolute atomic E-state index is 0.632. The second-order valence-corrected chi connectivity index (χ2v) is 7.02. The van der Waals surface area contributed by atoms with Gasteiger partial charge in [-0.05, 0) is 30.9 Å². The highest BCUT2D eigenvalue weighted by Gasteiger charge is 2.17. The van der Waals surface area contributed by atoms with Crippen LogP contribution >= 0.6 is 0 Å². The van der Waals surface area contributed by atoms with Crippen molar-refractivity contribution in [3.63, 3.8) is 0 Å². The Labute approximate surface area is 166 Å². The zero-order chi connectivity index (χ0) is 19.7. The molecular weight excluding hydrogens is 332 g/mol. The van der Waals surface area contributed by atoms with Gasteiger partial charge in [-0.3, -0.25) is 0 Å². The van der Waals surface area contributed by atoms with Crippen LogP contribution in [0.25, 0.3) is 0 Å². The summed E-state index contributed by atoms with van der Waals surface area (Å²) in [6, 6.07) is 7.82. The third-order valence-electron chi connectivity index (χ3n) is 4.65. The molecule has 0 aliphatic rings. The Morgan fingerprint density at radius 3 is 2.41 bits per heavy atom. The van der Waals surface area contributed by atoms with E-state index >= 15 is 0 Å². The standard InChI is InChI=1S/C25H38O2/c1-4-7-9-10-11-12-14-18-22(17-13-8-5-2)25(26)23-19-15-16-20-24(23)27-21-6-3/h5,8,13,15-17,19-20,25-26H,2,4,6-7,9-12,14,18,21H2,1,3H3. The Morgan fingerprint density at radius 2 is 1.70 bits per heavy atom. The number of unbranched alkanes of at least 4 members (excludes halogenated alkanes) is 6. The smallest absolute Gasteiger partial charge is 0.125 e. The molecule has 2 nitrogen and oxygen atoms in total. The molecule has 0 saturated carbocycles. The van der Waals surface area contributed by atoms with Crippen LogP contribution in [0.5, 0.6) is 5.75 Å². The highest BCUT2D eigenvalue weighted by molar-refractivity contribution is 5.39. The average Bonchev–Trinajstić information content (AvgIpc) is 2.70. The minimum atomic E-state index is -0.632. The molecule has 1 rings (SSSR count). The molecule has 150 valence electrons. The van der Waals surface area contributed by atoms with Gasteiger partial charge in [-0.25, -0.2) is 0 Å². The maximum atomic E-state index is 11.0. The van der Waals surface area contributed by atoms with Crippen LogP contribution in [0.1, 0.15) is 83.3 Å². The lowest BCUT2D eigenvalue weighted by molar-refractivity contribution is 0.201. The van der Waals surface area contributed by atoms with Crippen molar-refractivity contribution in [1.82, 2.24) is 0 Å². The van der Waals surface area contributed by atoms with Gasteiger partial charge in [0.25, 0.3) is 0 Å². The molecule has 2 heteroatoms. The topological polar surface area (TPSA) is 29.5 Å². The van der Waals surface area contributed by atoms with Crippen molar-refractivity contribution in [2.45, 2.75) is 77.7 Å². The monoisotopic (exact) mass is 370 g/mol. The fraction of sp³-hybridized carbons (Fsp3) is 0.520. The van der Waals surface area contributed by atoms with Gasteiger partial charge in [-0.2, -0.15) is 0 Å². The highest BCUT2D eigenvalue weighted by atomic mass is 16.5. The molecule has 1 aromatic carbocycles. The summed E-state index contributed by atoms with van der Waals surface area (Å²) >= 11 is 0. The van der Waals surface area contributed by atoms with E-state index in [1.54, 1.807) is 6.08 Å². The van der Waals surface area contributed by atoms with Gasteiger partial charge in [0.2, 0.25) is 0 Å². The number of aliphatic hydroxyl groups excluding tert-OH is 1. The second kappa shape index (κ2) is 15.3. The number of benzene rings is 1. The molecule has 0 heterocycles. The van der Waals surface area contributed by atoms with Crippen molar-refractivity contribution in [1.29, 1.82) is 0 Å². The lowest BCUT2D eigenvalue weighted by Crippen LogP contribution is -2.06. The molecule has 0 aliphatic carbocycles. The van der Waals surface area contributed by atoms with E-state index in [1.165, 1.54) is 38.5 Å². The fourth-order valence-electron chi connectivity index (χ4n) is 3.10. The Morgan fingerprint density at radius 1 is 1.00 bits per heavy atom. The van der Waals surface area contributed by atoms with Crippen LogP contribution in [-0.2, 0) is 0 Å². The zero-order valence-corrected chi connectivity index (χ0v) is 17.3. The van der Waals surface area contributed by atoms with Gasteiger partial charge < -0.3 is 9.84 Å². The number of ether oxygens (including phenoxy) is 1. The molecular formula is C25H38O2. The molecule has 0 fully saturated rings. The van der Waals surface area contributed by atoms with Crippen molar-refractivity contribution in [3.05, 3.63) is 66.3 Å². The predicted octanol–water partition coefficient (Wildman–Crippen LogP) is 7.32. The normalized spacial score (nSPS) is 13.1. The van der Waals surface area contributed by atoms with E-state index < -0.39 is 6.10 Å². The number of para-hydroxylation sites is 1. The lowest BCUT2D eigenvalue weighted by atomic mass is 9.95. The van der Waals surface area contributed by atoms with Crippen LogP contribution in [-0.4, -0.2) is 11.7 Å². The van der Waals surface area contributed by atoms with Crippen LogP contribution < -0.4 is 4.74 Å². The van der Waals surface area contributed by atoms with Crippen LogP contribution in [0.2, 0.25) is 0 Å². The summed E-state index contributed by atoms with van der Waals surface area (Å²) in [7, 11) is 0. The van der Waals surface area contributed by atoms with Gasteiger partial charge in [0.15, 0.2) is 0 Å². The molecule has 1 aromatic rings. The first-order chi connectivity index (χ1) is 13.2. The third kappa shape index (κ3) is 9.63. The van der Waals surface area contributed by atoms with Crippen molar-refractivity contribution in [2.75, 3.05) is 6.61 Å². The van der Waals surface area contributed by atoms with Crippen molar-refractivity contribution in [3.8, 4) is 5.75 Å². The summed E-state index contributed by atoms with van der Waals surface area (Å²) in [6.07, 6.45) is 17.7. The molecule has 0 saturated heterocycles. The lowest BCUT2D eigenvalue weighted by Gasteiger charge is -2.19. The van der Waals surface area contributed by atoms with Gasteiger partial charge in [-0.1, -0.05) is 101 Å². The fourth-order valence-corrected chi connectivity index (χ4v) is 3.10. The summed E-state index contributed by atoms with van der Waals surface area (Å²) in [5, 5.41) is 11.0. The Balaban J connectivity index is 2.74. The molecule has 1 unspecified atom stereocenters. The third-order valence-corrected chi connectivity index (χ3v) is 4.65. The maximum absolute atomic E-state index is 11.0. The maximum Gasteiger partial charge on any atom is 0.125 e. The summed E-state index contributed by atoms with van der Waals surface area (Å²) in [5.41, 5.74) is 1.89. The van der Waals surface area contributed by atoms with E-state index in [2.05, 4.69) is 20.4 Å². The molecule has 0 radical (unpaired) electrons. The molecule has 0 bridgehead atoms. The molecule has 1 N–H and O–H groups in total.